The third-order valence-corrected chi connectivity index (χ3v) is 4.53. The summed E-state index contributed by atoms with van der Waals surface area (Å²) in [6.07, 6.45) is 2.98. The van der Waals surface area contributed by atoms with Gasteiger partial charge in [-0.25, -0.2) is 19.9 Å². The highest BCUT2D eigenvalue weighted by Gasteiger charge is 2.25. The van der Waals surface area contributed by atoms with Gasteiger partial charge < -0.3 is 15.4 Å². The van der Waals surface area contributed by atoms with Gasteiger partial charge in [0.2, 0.25) is 5.88 Å². The molecule has 29 heavy (non-hydrogen) atoms. The molecule has 10 heteroatoms. The van der Waals surface area contributed by atoms with Crippen molar-refractivity contribution in [2.24, 2.45) is 0 Å². The first-order valence-corrected chi connectivity index (χ1v) is 9.06. The van der Waals surface area contributed by atoms with Gasteiger partial charge in [-0.2, -0.15) is 0 Å². The molecule has 0 bridgehead atoms. The van der Waals surface area contributed by atoms with Gasteiger partial charge in [-0.3, -0.25) is 14.2 Å². The van der Waals surface area contributed by atoms with Gasteiger partial charge in [0.1, 0.15) is 17.8 Å². The molecule has 3 aromatic rings. The molecule has 0 radical (unpaired) electrons. The molecule has 1 aliphatic heterocycles. The number of hydrogen-bond acceptors (Lipinski definition) is 8. The molecule has 0 saturated heterocycles. The first-order chi connectivity index (χ1) is 14.2. The van der Waals surface area contributed by atoms with Gasteiger partial charge in [-0.1, -0.05) is 6.07 Å². The smallest absolute Gasteiger partial charge is 0.270 e. The van der Waals surface area contributed by atoms with Gasteiger partial charge in [0.05, 0.1) is 24.5 Å². The fourth-order valence-corrected chi connectivity index (χ4v) is 3.12. The summed E-state index contributed by atoms with van der Waals surface area (Å²) in [6, 6.07) is 7.55. The third-order valence-electron chi connectivity index (χ3n) is 4.53. The van der Waals surface area contributed by atoms with Crippen LogP contribution in [0.15, 0.2) is 47.7 Å². The Balaban J connectivity index is 1.70. The molecule has 1 unspecified atom stereocenters. The van der Waals surface area contributed by atoms with Crippen LogP contribution in [0.3, 0.4) is 0 Å². The van der Waals surface area contributed by atoms with Gasteiger partial charge in [-0.05, 0) is 12.1 Å². The Morgan fingerprint density at radius 1 is 1.28 bits per heavy atom. The van der Waals surface area contributed by atoms with Crippen molar-refractivity contribution in [2.45, 2.75) is 12.6 Å². The number of hydrogen-bond donors (Lipinski definition) is 2. The quantitative estimate of drug-likeness (QED) is 0.643. The average molecular weight is 393 g/mol. The zero-order valence-electron chi connectivity index (χ0n) is 15.7. The molecule has 0 spiro atoms. The van der Waals surface area contributed by atoms with E-state index in [0.717, 1.165) is 0 Å². The minimum atomic E-state index is -0.521. The normalized spacial score (nSPS) is 15.8. The number of amides is 1. The number of ether oxygens (including phenoxy) is 1. The predicted molar refractivity (Wildman–Crippen MR) is 103 cm³/mol. The maximum Gasteiger partial charge on any atom is 0.270 e. The third kappa shape index (κ3) is 3.97. The van der Waals surface area contributed by atoms with Crippen LogP contribution in [0, 0.1) is 0 Å². The first-order valence-electron chi connectivity index (χ1n) is 9.06. The van der Waals surface area contributed by atoms with E-state index in [1.807, 2.05) is 0 Å². The van der Waals surface area contributed by atoms with Crippen LogP contribution in [0.5, 0.6) is 5.88 Å². The Morgan fingerprint density at radius 3 is 2.97 bits per heavy atom. The van der Waals surface area contributed by atoms with Crippen molar-refractivity contribution >= 4 is 5.91 Å². The predicted octanol–water partition coefficient (Wildman–Crippen LogP) is 0.178. The van der Waals surface area contributed by atoms with Crippen molar-refractivity contribution in [1.29, 1.82) is 0 Å². The van der Waals surface area contributed by atoms with E-state index in [-0.39, 0.29) is 17.2 Å². The largest absolute Gasteiger partial charge is 0.481 e. The van der Waals surface area contributed by atoms with Gasteiger partial charge >= 0.3 is 0 Å². The summed E-state index contributed by atoms with van der Waals surface area (Å²) in [5.74, 6) is 0.427. The van der Waals surface area contributed by atoms with E-state index in [4.69, 9.17) is 4.74 Å². The van der Waals surface area contributed by atoms with Crippen molar-refractivity contribution in [3.63, 3.8) is 0 Å². The lowest BCUT2D eigenvalue weighted by molar-refractivity contribution is 0.0928. The Kier molecular flexibility index (Phi) is 5.25. The van der Waals surface area contributed by atoms with Crippen molar-refractivity contribution in [3.8, 4) is 17.3 Å². The number of carbonyl (C=O) groups excluding carboxylic acids is 1. The van der Waals surface area contributed by atoms with Gasteiger partial charge in [-0.15, -0.1) is 0 Å². The monoisotopic (exact) mass is 393 g/mol. The average Bonchev–Trinajstić information content (AvgIpc) is 2.97. The van der Waals surface area contributed by atoms with Crippen LogP contribution < -0.4 is 20.9 Å². The lowest BCUT2D eigenvalue weighted by Crippen LogP contribution is -2.37. The Hall–Kier alpha value is -3.66. The maximum atomic E-state index is 12.8. The highest BCUT2D eigenvalue weighted by molar-refractivity contribution is 5.92. The zero-order chi connectivity index (χ0) is 20.2. The summed E-state index contributed by atoms with van der Waals surface area (Å²) >= 11 is 0. The maximum absolute atomic E-state index is 12.8. The molecule has 3 aromatic heterocycles. The second kappa shape index (κ2) is 8.15. The molecule has 4 heterocycles. The molecule has 148 valence electrons. The Labute approximate surface area is 166 Å². The van der Waals surface area contributed by atoms with Crippen LogP contribution in [0.4, 0.5) is 0 Å². The highest BCUT2D eigenvalue weighted by Crippen LogP contribution is 2.17. The van der Waals surface area contributed by atoms with Gasteiger partial charge in [0, 0.05) is 38.0 Å². The molecule has 0 saturated carbocycles. The van der Waals surface area contributed by atoms with E-state index in [0.29, 0.717) is 42.7 Å². The van der Waals surface area contributed by atoms with E-state index in [2.05, 4.69) is 30.6 Å². The van der Waals surface area contributed by atoms with Crippen molar-refractivity contribution in [3.05, 3.63) is 64.7 Å². The Bertz CT molecular complexity index is 1080. The van der Waals surface area contributed by atoms with Gasteiger partial charge in [0.25, 0.3) is 11.5 Å². The summed E-state index contributed by atoms with van der Waals surface area (Å²) < 4.78 is 6.64. The lowest BCUT2D eigenvalue weighted by atomic mass is 10.2. The van der Waals surface area contributed by atoms with Crippen LogP contribution in [-0.4, -0.2) is 50.6 Å². The van der Waals surface area contributed by atoms with E-state index in [1.165, 1.54) is 19.5 Å². The summed E-state index contributed by atoms with van der Waals surface area (Å²) in [4.78, 5) is 42.3. The van der Waals surface area contributed by atoms with Crippen LogP contribution in [0.25, 0.3) is 11.4 Å². The molecule has 0 aromatic carbocycles. The fourth-order valence-electron chi connectivity index (χ4n) is 3.12. The van der Waals surface area contributed by atoms with Crippen LogP contribution in [0.1, 0.15) is 22.4 Å². The Morgan fingerprint density at radius 2 is 2.17 bits per heavy atom. The summed E-state index contributed by atoms with van der Waals surface area (Å²) in [6.45, 7) is 1.47. The second-order valence-corrected chi connectivity index (χ2v) is 6.38. The molecule has 10 nitrogen and oxygen atoms in total. The number of fused-ring (bicyclic) bond motifs is 1. The number of pyridine rings is 1. The molecule has 1 aliphatic rings. The van der Waals surface area contributed by atoms with E-state index >= 15 is 0 Å². The van der Waals surface area contributed by atoms with E-state index in [1.54, 1.807) is 35.0 Å². The highest BCUT2D eigenvalue weighted by atomic mass is 16.5. The summed E-state index contributed by atoms with van der Waals surface area (Å²) in [7, 11) is 1.49. The topological polar surface area (TPSA) is 124 Å². The van der Waals surface area contributed by atoms with E-state index in [9.17, 15) is 9.59 Å². The molecule has 4 rings (SSSR count). The number of methoxy groups -OCH3 is 1. The van der Waals surface area contributed by atoms with Crippen LogP contribution in [0.2, 0.25) is 0 Å². The molecular weight excluding hydrogens is 374 g/mol. The minimum absolute atomic E-state index is 0.203. The first kappa shape index (κ1) is 18.7. The molecular formula is C19H19N7O3. The summed E-state index contributed by atoms with van der Waals surface area (Å²) in [5, 5.41) is 6.14. The summed E-state index contributed by atoms with van der Waals surface area (Å²) in [5.41, 5.74) is 0.988. The van der Waals surface area contributed by atoms with Gasteiger partial charge in [0.15, 0.2) is 0 Å². The fraction of sp³-hybridized carbons (Fsp3) is 0.263. The lowest BCUT2D eigenvalue weighted by Gasteiger charge is -2.19. The number of nitrogens with one attached hydrogen (secondary N) is 2. The molecule has 1 amide bonds. The second-order valence-electron chi connectivity index (χ2n) is 6.38. The number of carbonyl (C=O) groups is 1. The number of aromatic nitrogens is 5. The van der Waals surface area contributed by atoms with Crippen molar-refractivity contribution in [2.75, 3.05) is 20.2 Å². The molecule has 2 N–H and O–H groups in total. The van der Waals surface area contributed by atoms with E-state index < -0.39 is 6.04 Å². The minimum Gasteiger partial charge on any atom is -0.481 e. The van der Waals surface area contributed by atoms with Crippen molar-refractivity contribution in [1.82, 2.24) is 35.1 Å². The van der Waals surface area contributed by atoms with Crippen LogP contribution >= 0.6 is 0 Å². The number of rotatable bonds is 4. The SMILES string of the molecule is COc1cccc(C(=O)NC2CNCCn3c2nc(-c2ccncn2)cc3=O)n1. The van der Waals surface area contributed by atoms with Crippen LogP contribution in [-0.2, 0) is 6.54 Å². The number of nitrogens with zero attached hydrogens (tertiary/aromatic N) is 5. The van der Waals surface area contributed by atoms with Crippen molar-refractivity contribution < 1.29 is 9.53 Å². The molecule has 0 aliphatic carbocycles. The molecule has 0 fully saturated rings. The molecule has 1 atom stereocenters. The zero-order valence-corrected chi connectivity index (χ0v) is 15.7. The standard InChI is InChI=1S/C19H19N7O3/c1-29-16-4-2-3-13(23-16)19(28)25-15-10-20-7-8-26-17(27)9-14(24-18(15)26)12-5-6-21-11-22-12/h2-6,9,11,15,20H,7-8,10H2,1H3,(H,25,28).